The summed E-state index contributed by atoms with van der Waals surface area (Å²) < 4.78 is 49.1. The van der Waals surface area contributed by atoms with Gasteiger partial charge in [0, 0.05) is 12.8 Å². The Labute approximate surface area is 420 Å². The Hall–Kier alpha value is -3.42. The summed E-state index contributed by atoms with van der Waals surface area (Å²) in [7, 11) is -10.8. The molecule has 404 valence electrons. The van der Waals surface area contributed by atoms with E-state index in [2.05, 4.69) is 54.8 Å². The van der Waals surface area contributed by atoms with Crippen LogP contribution in [0.5, 0.6) is 0 Å². The highest BCUT2D eigenvalue weighted by Gasteiger charge is 2.54. The van der Waals surface area contributed by atoms with Gasteiger partial charge in [0.05, 0.1) is 18.8 Å². The van der Waals surface area contributed by atoms with E-state index in [9.17, 15) is 64.0 Å². The van der Waals surface area contributed by atoms with Gasteiger partial charge in [-0.05, 0) is 70.6 Å². The molecule has 20 heteroatoms. The highest BCUT2D eigenvalue weighted by molar-refractivity contribution is 7.47. The molecule has 0 saturated heterocycles. The quantitative estimate of drug-likeness (QED) is 0.00938. The first-order valence-corrected chi connectivity index (χ1v) is 27.7. The number of carbonyl (C=O) groups excluding carboxylic acids is 2. The van der Waals surface area contributed by atoms with Gasteiger partial charge in [-0.15, -0.1) is 0 Å². The van der Waals surface area contributed by atoms with Crippen LogP contribution in [0.15, 0.2) is 109 Å². The number of aliphatic hydroxyl groups excluding tert-OH is 6. The molecule has 0 bridgehead atoms. The van der Waals surface area contributed by atoms with E-state index in [0.29, 0.717) is 19.3 Å². The first-order valence-electron chi connectivity index (χ1n) is 24.6. The zero-order valence-corrected chi connectivity index (χ0v) is 43.1. The summed E-state index contributed by atoms with van der Waals surface area (Å²) in [6.45, 7) is 2.72. The van der Waals surface area contributed by atoms with Crippen molar-refractivity contribution < 1.29 is 87.1 Å². The summed E-state index contributed by atoms with van der Waals surface area (Å²) in [6, 6.07) is 0. The van der Waals surface area contributed by atoms with Crippen LogP contribution in [0, 0.1) is 0 Å². The van der Waals surface area contributed by atoms with Crippen LogP contribution in [0.3, 0.4) is 0 Å². The van der Waals surface area contributed by atoms with Gasteiger partial charge in [0.25, 0.3) is 0 Å². The maximum absolute atomic E-state index is 13.0. The zero-order chi connectivity index (χ0) is 52.8. The number of phosphoric ester groups is 2. The van der Waals surface area contributed by atoms with E-state index >= 15 is 0 Å². The molecular formula is C51H82O18P2. The topological polar surface area (TPSA) is 296 Å². The number of phosphoric acid groups is 2. The van der Waals surface area contributed by atoms with Crippen molar-refractivity contribution >= 4 is 27.6 Å². The van der Waals surface area contributed by atoms with Crippen LogP contribution in [-0.2, 0) is 41.8 Å². The number of carbonyl (C=O) groups is 2. The number of hydrogen-bond acceptors (Lipinski definition) is 15. The van der Waals surface area contributed by atoms with Gasteiger partial charge in [-0.25, -0.2) is 9.13 Å². The largest absolute Gasteiger partial charge is 0.472 e. The third-order valence-electron chi connectivity index (χ3n) is 10.5. The van der Waals surface area contributed by atoms with Gasteiger partial charge in [-0.1, -0.05) is 155 Å². The highest BCUT2D eigenvalue weighted by Crippen LogP contribution is 2.49. The zero-order valence-electron chi connectivity index (χ0n) is 41.3. The van der Waals surface area contributed by atoms with Crippen molar-refractivity contribution in [2.24, 2.45) is 0 Å². The van der Waals surface area contributed by atoms with Crippen LogP contribution in [0.4, 0.5) is 0 Å². The molecule has 1 aliphatic rings. The Morgan fingerprint density at radius 1 is 0.521 bits per heavy atom. The Bertz CT molecular complexity index is 1820. The van der Waals surface area contributed by atoms with Crippen LogP contribution < -0.4 is 0 Å². The molecule has 0 heterocycles. The van der Waals surface area contributed by atoms with Gasteiger partial charge in [0.15, 0.2) is 6.10 Å². The third-order valence-corrected chi connectivity index (χ3v) is 12.0. The summed E-state index contributed by atoms with van der Waals surface area (Å²) >= 11 is 0. The van der Waals surface area contributed by atoms with Crippen LogP contribution in [0.2, 0.25) is 0 Å². The SMILES string of the molecule is CCCCC/C=C\C/C=C\C/C=C\C/C=C\C/C=C\CCC(=O)OC[C@H](COP(=O)(O)O[C@H]1C(O)C(O)C(O)[C@@H](OP(=O)(O)O)C1O)OC(=O)CCC[C@H](O)/C=C/C=C\C/C=C\C=C\[C@H](O)CCCCC. The molecule has 0 radical (unpaired) electrons. The number of esters is 2. The number of aliphatic hydroxyl groups is 6. The predicted molar refractivity (Wildman–Crippen MR) is 271 cm³/mol. The molecule has 10 atom stereocenters. The molecule has 1 fully saturated rings. The summed E-state index contributed by atoms with van der Waals surface area (Å²) in [6.07, 6.45) is 31.1. The van der Waals surface area contributed by atoms with Crippen molar-refractivity contribution in [3.8, 4) is 0 Å². The van der Waals surface area contributed by atoms with Crippen molar-refractivity contribution in [2.45, 2.75) is 184 Å². The minimum atomic E-state index is -5.41. The summed E-state index contributed by atoms with van der Waals surface area (Å²) in [5, 5.41) is 61.6. The van der Waals surface area contributed by atoms with Crippen LogP contribution in [0.1, 0.15) is 129 Å². The molecule has 18 nitrogen and oxygen atoms in total. The first kappa shape index (κ1) is 65.6. The van der Waals surface area contributed by atoms with Crippen LogP contribution in [0.25, 0.3) is 0 Å². The fraction of sp³-hybridized carbons (Fsp3) is 0.608. The lowest BCUT2D eigenvalue weighted by Gasteiger charge is -2.43. The molecular weight excluding hydrogens is 962 g/mol. The molecule has 9 N–H and O–H groups in total. The normalized spacial score (nSPS) is 22.7. The minimum absolute atomic E-state index is 0.0589. The molecule has 5 unspecified atom stereocenters. The van der Waals surface area contributed by atoms with Crippen LogP contribution >= 0.6 is 15.6 Å². The predicted octanol–water partition coefficient (Wildman–Crippen LogP) is 7.67. The lowest BCUT2D eigenvalue weighted by atomic mass is 9.85. The minimum Gasteiger partial charge on any atom is -0.462 e. The van der Waals surface area contributed by atoms with E-state index in [1.807, 2.05) is 36.5 Å². The van der Waals surface area contributed by atoms with E-state index in [1.54, 1.807) is 30.4 Å². The third kappa shape index (κ3) is 34.6. The maximum atomic E-state index is 13.0. The average molecular weight is 1050 g/mol. The van der Waals surface area contributed by atoms with Gasteiger partial charge < -0.3 is 54.8 Å². The van der Waals surface area contributed by atoms with Crippen LogP contribution in [-0.4, -0.2) is 125 Å². The summed E-state index contributed by atoms with van der Waals surface area (Å²) in [5.74, 6) is -1.54. The molecule has 0 amide bonds. The van der Waals surface area contributed by atoms with E-state index in [4.69, 9.17) is 18.5 Å². The Kier molecular flexibility index (Phi) is 37.0. The van der Waals surface area contributed by atoms with Crippen molar-refractivity contribution in [3.63, 3.8) is 0 Å². The lowest BCUT2D eigenvalue weighted by Crippen LogP contribution is -2.64. The van der Waals surface area contributed by atoms with E-state index in [1.165, 1.54) is 25.3 Å². The van der Waals surface area contributed by atoms with E-state index < -0.39 is 95.7 Å². The maximum Gasteiger partial charge on any atom is 0.472 e. The van der Waals surface area contributed by atoms with Gasteiger partial charge in [-0.2, -0.15) is 0 Å². The molecule has 0 aliphatic heterocycles. The van der Waals surface area contributed by atoms with Crippen molar-refractivity contribution in [1.82, 2.24) is 0 Å². The van der Waals surface area contributed by atoms with Gasteiger partial charge >= 0.3 is 27.6 Å². The molecule has 0 spiro atoms. The average Bonchev–Trinajstić information content (AvgIpc) is 3.32. The standard InChI is InChI=1S/C51H82O18P2/c1-3-5-7-8-9-10-11-12-13-14-15-16-17-18-19-20-24-27-31-37-44(54)65-39-43(40-66-71(63,64)69-51-48(58)46(56)47(57)50(49(51)59)68-70(60,61)62)67-45(55)38-32-36-42(53)35-30-26-23-21-22-25-29-34-41(52)33-28-6-4-2/h9-10,12-13,15-16,18-19,22-27,29-30,34-35,41-43,46-53,56-59H,3-8,11,14,17,20-21,28,31-33,36-40H2,1-2H3,(H,63,64)(H2,60,61,62)/b10-9-,13-12-,16-15-,19-18-,25-22-,26-23-,27-24-,34-29+,35-30+/t41-,42-,43-,46?,47?,48?,49?,50-,51+/m1/s1. The second kappa shape index (κ2) is 40.0. The monoisotopic (exact) mass is 1040 g/mol. The lowest BCUT2D eigenvalue weighted by molar-refractivity contribution is -0.216. The Morgan fingerprint density at radius 2 is 1.00 bits per heavy atom. The first-order chi connectivity index (χ1) is 33.9. The molecule has 1 aliphatic carbocycles. The molecule has 1 saturated carbocycles. The number of rotatable bonds is 39. The molecule has 0 aromatic heterocycles. The Morgan fingerprint density at radius 3 is 1.54 bits per heavy atom. The van der Waals surface area contributed by atoms with Crippen molar-refractivity contribution in [3.05, 3.63) is 109 Å². The Balaban J connectivity index is 2.74. The summed E-state index contributed by atoms with van der Waals surface area (Å²) in [5.41, 5.74) is 0. The molecule has 1 rings (SSSR count). The van der Waals surface area contributed by atoms with Gasteiger partial charge in [-0.3, -0.25) is 23.2 Å². The number of allylic oxidation sites excluding steroid dienone is 16. The fourth-order valence-corrected chi connectivity index (χ4v) is 8.17. The van der Waals surface area contributed by atoms with Gasteiger partial charge in [0.2, 0.25) is 0 Å². The number of ether oxygens (including phenoxy) is 2. The van der Waals surface area contributed by atoms with Gasteiger partial charge in [0.1, 0.15) is 43.2 Å². The van der Waals surface area contributed by atoms with E-state index in [-0.39, 0.29) is 25.7 Å². The fourth-order valence-electron chi connectivity index (χ4n) is 6.63. The van der Waals surface area contributed by atoms with Crippen molar-refractivity contribution in [1.29, 1.82) is 0 Å². The highest BCUT2D eigenvalue weighted by atomic mass is 31.2. The molecule has 0 aromatic rings. The summed E-state index contributed by atoms with van der Waals surface area (Å²) in [4.78, 5) is 54.3. The second-order valence-corrected chi connectivity index (χ2v) is 19.5. The smallest absolute Gasteiger partial charge is 0.462 e. The molecule has 0 aromatic carbocycles. The number of hydrogen-bond donors (Lipinski definition) is 9. The number of unbranched alkanes of at least 4 members (excludes halogenated alkanes) is 5. The second-order valence-electron chi connectivity index (χ2n) is 16.9. The van der Waals surface area contributed by atoms with Crippen molar-refractivity contribution in [2.75, 3.05) is 13.2 Å². The molecule has 71 heavy (non-hydrogen) atoms. The van der Waals surface area contributed by atoms with E-state index in [0.717, 1.165) is 51.4 Å².